The molecule has 0 saturated heterocycles. The Morgan fingerprint density at radius 2 is 1.90 bits per heavy atom. The van der Waals surface area contributed by atoms with Crippen molar-refractivity contribution in [3.05, 3.63) is 47.7 Å². The van der Waals surface area contributed by atoms with E-state index in [1.54, 1.807) is 36.4 Å². The molecular weight excluding hydrogens is 266 g/mol. The number of anilines is 2. The van der Waals surface area contributed by atoms with Gasteiger partial charge in [-0.05, 0) is 49.2 Å². The molecule has 1 aliphatic rings. The lowest BCUT2D eigenvalue weighted by Crippen LogP contribution is -2.15. The minimum atomic E-state index is -0.329. The molecule has 3 rings (SSSR count). The maximum Gasteiger partial charge on any atom is 0.276 e. The lowest BCUT2D eigenvalue weighted by molar-refractivity contribution is 0.102. The van der Waals surface area contributed by atoms with E-state index >= 15 is 0 Å². The van der Waals surface area contributed by atoms with Crippen LogP contribution in [0, 0.1) is 11.3 Å². The summed E-state index contributed by atoms with van der Waals surface area (Å²) in [6.45, 7) is 0. The highest BCUT2D eigenvalue weighted by Crippen LogP contribution is 2.23. The molecule has 0 spiro atoms. The fraction of sp³-hybridized carbons (Fsp3) is 0.200. The van der Waals surface area contributed by atoms with E-state index < -0.39 is 0 Å². The second-order valence-electron chi connectivity index (χ2n) is 4.87. The molecule has 21 heavy (non-hydrogen) atoms. The fourth-order valence-corrected chi connectivity index (χ4v) is 1.79. The number of carbonyl (C=O) groups is 1. The Hall–Kier alpha value is -2.94. The van der Waals surface area contributed by atoms with Crippen molar-refractivity contribution in [2.45, 2.75) is 18.9 Å². The van der Waals surface area contributed by atoms with Gasteiger partial charge in [0.25, 0.3) is 5.91 Å². The molecule has 6 heteroatoms. The van der Waals surface area contributed by atoms with Crippen molar-refractivity contribution >= 4 is 17.4 Å². The molecule has 1 aliphatic carbocycles. The molecule has 0 unspecified atom stereocenters. The van der Waals surface area contributed by atoms with Crippen LogP contribution in [0.15, 0.2) is 36.4 Å². The van der Waals surface area contributed by atoms with E-state index in [1.807, 2.05) is 6.07 Å². The van der Waals surface area contributed by atoms with Crippen LogP contribution in [0.4, 0.5) is 11.5 Å². The summed E-state index contributed by atoms with van der Waals surface area (Å²) < 4.78 is 0. The van der Waals surface area contributed by atoms with Gasteiger partial charge in [0.15, 0.2) is 5.69 Å². The molecule has 1 aromatic heterocycles. The first-order chi connectivity index (χ1) is 10.2. The number of carbonyl (C=O) groups excluding carboxylic acids is 1. The molecule has 104 valence electrons. The van der Waals surface area contributed by atoms with Crippen LogP contribution in [-0.2, 0) is 0 Å². The average Bonchev–Trinajstić information content (AvgIpc) is 3.33. The van der Waals surface area contributed by atoms with Gasteiger partial charge >= 0.3 is 0 Å². The maximum absolute atomic E-state index is 12.0. The minimum absolute atomic E-state index is 0.251. The van der Waals surface area contributed by atoms with Crippen molar-refractivity contribution in [1.29, 1.82) is 5.26 Å². The van der Waals surface area contributed by atoms with Crippen LogP contribution in [0.1, 0.15) is 28.9 Å². The van der Waals surface area contributed by atoms with Crippen molar-refractivity contribution in [1.82, 2.24) is 10.2 Å². The highest BCUT2D eigenvalue weighted by atomic mass is 16.1. The Bertz CT molecular complexity index is 683. The summed E-state index contributed by atoms with van der Waals surface area (Å²) in [6, 6.07) is 12.5. The number of amides is 1. The van der Waals surface area contributed by atoms with Gasteiger partial charge in [-0.3, -0.25) is 4.79 Å². The normalized spacial score (nSPS) is 13.3. The Morgan fingerprint density at radius 1 is 1.14 bits per heavy atom. The molecule has 0 atom stereocenters. The fourth-order valence-electron chi connectivity index (χ4n) is 1.79. The van der Waals surface area contributed by atoms with E-state index in [0.717, 1.165) is 12.8 Å². The molecule has 1 heterocycles. The van der Waals surface area contributed by atoms with Gasteiger partial charge in [-0.1, -0.05) is 0 Å². The number of benzene rings is 1. The van der Waals surface area contributed by atoms with Crippen molar-refractivity contribution in [3.63, 3.8) is 0 Å². The largest absolute Gasteiger partial charge is 0.366 e. The van der Waals surface area contributed by atoms with E-state index in [4.69, 9.17) is 5.26 Å². The Morgan fingerprint density at radius 3 is 2.48 bits per heavy atom. The summed E-state index contributed by atoms with van der Waals surface area (Å²) in [5, 5.41) is 22.5. The van der Waals surface area contributed by atoms with Gasteiger partial charge in [-0.25, -0.2) is 0 Å². The number of nitriles is 1. The summed E-state index contributed by atoms with van der Waals surface area (Å²) in [7, 11) is 0. The molecule has 6 nitrogen and oxygen atoms in total. The summed E-state index contributed by atoms with van der Waals surface area (Å²) in [4.78, 5) is 12.0. The molecule has 0 radical (unpaired) electrons. The molecule has 1 aromatic carbocycles. The summed E-state index contributed by atoms with van der Waals surface area (Å²) in [6.07, 6.45) is 2.31. The topological polar surface area (TPSA) is 90.7 Å². The first-order valence-electron chi connectivity index (χ1n) is 6.66. The van der Waals surface area contributed by atoms with Crippen LogP contribution in [0.25, 0.3) is 0 Å². The van der Waals surface area contributed by atoms with E-state index in [2.05, 4.69) is 20.8 Å². The Kier molecular flexibility index (Phi) is 3.48. The maximum atomic E-state index is 12.0. The van der Waals surface area contributed by atoms with Crippen molar-refractivity contribution in [2.75, 3.05) is 10.6 Å². The van der Waals surface area contributed by atoms with Gasteiger partial charge in [0.1, 0.15) is 5.82 Å². The van der Waals surface area contributed by atoms with E-state index in [-0.39, 0.29) is 11.6 Å². The second kappa shape index (κ2) is 5.59. The molecule has 0 aliphatic heterocycles. The van der Waals surface area contributed by atoms with Gasteiger partial charge in [-0.15, -0.1) is 10.2 Å². The zero-order chi connectivity index (χ0) is 14.7. The minimum Gasteiger partial charge on any atom is -0.366 e. The van der Waals surface area contributed by atoms with Crippen LogP contribution < -0.4 is 10.6 Å². The SMILES string of the molecule is N#Cc1ccc(NC(=O)c2ccc(NC3CC3)nn2)cc1. The molecule has 1 amide bonds. The summed E-state index contributed by atoms with van der Waals surface area (Å²) in [5.41, 5.74) is 1.41. The number of nitrogens with one attached hydrogen (secondary N) is 2. The standard InChI is InChI=1S/C15H13N5O/c16-9-10-1-3-12(4-2-10)18-15(21)13-7-8-14(20-19-13)17-11-5-6-11/h1-4,7-8,11H,5-6H2,(H,17,20)(H,18,21). The summed E-state index contributed by atoms with van der Waals surface area (Å²) in [5.74, 6) is 0.359. The molecular formula is C15H13N5O. The number of hydrogen-bond acceptors (Lipinski definition) is 5. The van der Waals surface area contributed by atoms with Gasteiger partial charge in [0.2, 0.25) is 0 Å². The first kappa shape index (κ1) is 13.1. The van der Waals surface area contributed by atoms with Crippen molar-refractivity contribution in [3.8, 4) is 6.07 Å². The smallest absolute Gasteiger partial charge is 0.276 e. The van der Waals surface area contributed by atoms with Gasteiger partial charge in [-0.2, -0.15) is 5.26 Å². The number of hydrogen-bond donors (Lipinski definition) is 2. The lowest BCUT2D eigenvalue weighted by atomic mass is 10.2. The highest BCUT2D eigenvalue weighted by Gasteiger charge is 2.21. The molecule has 1 saturated carbocycles. The highest BCUT2D eigenvalue weighted by molar-refractivity contribution is 6.02. The van der Waals surface area contributed by atoms with Crippen LogP contribution >= 0.6 is 0 Å². The predicted octanol–water partition coefficient (Wildman–Crippen LogP) is 2.17. The summed E-state index contributed by atoms with van der Waals surface area (Å²) >= 11 is 0. The third-order valence-corrected chi connectivity index (χ3v) is 3.10. The molecule has 2 aromatic rings. The Balaban J connectivity index is 1.64. The number of rotatable bonds is 4. The Labute approximate surface area is 121 Å². The second-order valence-corrected chi connectivity index (χ2v) is 4.87. The van der Waals surface area contributed by atoms with Crippen molar-refractivity contribution in [2.24, 2.45) is 0 Å². The zero-order valence-corrected chi connectivity index (χ0v) is 11.2. The number of nitrogens with zero attached hydrogens (tertiary/aromatic N) is 3. The van der Waals surface area contributed by atoms with Crippen LogP contribution in [0.5, 0.6) is 0 Å². The third kappa shape index (κ3) is 3.34. The van der Waals surface area contributed by atoms with Crippen LogP contribution in [0.2, 0.25) is 0 Å². The van der Waals surface area contributed by atoms with Crippen LogP contribution in [0.3, 0.4) is 0 Å². The lowest BCUT2D eigenvalue weighted by Gasteiger charge is -2.05. The van der Waals surface area contributed by atoms with E-state index in [9.17, 15) is 4.79 Å². The third-order valence-electron chi connectivity index (χ3n) is 3.10. The van der Waals surface area contributed by atoms with Crippen LogP contribution in [-0.4, -0.2) is 22.1 Å². The first-order valence-corrected chi connectivity index (χ1v) is 6.66. The number of aromatic nitrogens is 2. The zero-order valence-electron chi connectivity index (χ0n) is 11.2. The van der Waals surface area contributed by atoms with E-state index in [0.29, 0.717) is 23.1 Å². The average molecular weight is 279 g/mol. The van der Waals surface area contributed by atoms with Gasteiger partial charge in [0.05, 0.1) is 11.6 Å². The van der Waals surface area contributed by atoms with Crippen molar-refractivity contribution < 1.29 is 4.79 Å². The van der Waals surface area contributed by atoms with E-state index in [1.165, 1.54) is 0 Å². The molecule has 2 N–H and O–H groups in total. The molecule has 0 bridgehead atoms. The quantitative estimate of drug-likeness (QED) is 0.895. The monoisotopic (exact) mass is 279 g/mol. The van der Waals surface area contributed by atoms with Gasteiger partial charge in [0, 0.05) is 11.7 Å². The molecule has 1 fully saturated rings. The van der Waals surface area contributed by atoms with Gasteiger partial charge < -0.3 is 10.6 Å². The predicted molar refractivity (Wildman–Crippen MR) is 77.8 cm³/mol.